The van der Waals surface area contributed by atoms with E-state index in [2.05, 4.69) is 0 Å². The van der Waals surface area contributed by atoms with E-state index in [0.29, 0.717) is 22.9 Å². The SMILES string of the molecule is COc1ccc(N)c(OC)c1OC.Cl. The number of nitrogens with two attached hydrogens (primary N) is 1. The number of hydrogen-bond donors (Lipinski definition) is 1. The molecule has 0 spiro atoms. The lowest BCUT2D eigenvalue weighted by Gasteiger charge is -2.13. The molecule has 0 aliphatic carbocycles. The average molecular weight is 220 g/mol. The van der Waals surface area contributed by atoms with Gasteiger partial charge in [0.1, 0.15) is 0 Å². The summed E-state index contributed by atoms with van der Waals surface area (Å²) in [5, 5.41) is 0. The highest BCUT2D eigenvalue weighted by Crippen LogP contribution is 2.40. The topological polar surface area (TPSA) is 53.7 Å². The van der Waals surface area contributed by atoms with E-state index in [1.54, 1.807) is 26.4 Å². The van der Waals surface area contributed by atoms with Gasteiger partial charge in [-0.15, -0.1) is 12.4 Å². The lowest BCUT2D eigenvalue weighted by Crippen LogP contribution is -1.98. The van der Waals surface area contributed by atoms with Gasteiger partial charge in [0.15, 0.2) is 11.5 Å². The molecule has 14 heavy (non-hydrogen) atoms. The molecule has 0 fully saturated rings. The number of hydrogen-bond acceptors (Lipinski definition) is 4. The van der Waals surface area contributed by atoms with Gasteiger partial charge in [-0.2, -0.15) is 0 Å². The van der Waals surface area contributed by atoms with Gasteiger partial charge in [0.05, 0.1) is 27.0 Å². The first-order valence-corrected chi connectivity index (χ1v) is 3.79. The van der Waals surface area contributed by atoms with Gasteiger partial charge in [-0.3, -0.25) is 0 Å². The molecule has 5 heteroatoms. The van der Waals surface area contributed by atoms with Crippen molar-refractivity contribution in [1.82, 2.24) is 0 Å². The molecule has 1 aromatic carbocycles. The van der Waals surface area contributed by atoms with Crippen LogP contribution in [0, 0.1) is 0 Å². The number of anilines is 1. The molecule has 2 N–H and O–H groups in total. The van der Waals surface area contributed by atoms with E-state index in [1.807, 2.05) is 0 Å². The van der Waals surface area contributed by atoms with Crippen LogP contribution in [0.1, 0.15) is 0 Å². The van der Waals surface area contributed by atoms with Gasteiger partial charge in [0.25, 0.3) is 0 Å². The molecular weight excluding hydrogens is 206 g/mol. The summed E-state index contributed by atoms with van der Waals surface area (Å²) in [6.45, 7) is 0. The predicted molar refractivity (Wildman–Crippen MR) is 57.8 cm³/mol. The highest BCUT2D eigenvalue weighted by atomic mass is 35.5. The summed E-state index contributed by atoms with van der Waals surface area (Å²) in [7, 11) is 4.64. The van der Waals surface area contributed by atoms with Crippen LogP contribution in [-0.4, -0.2) is 21.3 Å². The zero-order valence-corrected chi connectivity index (χ0v) is 9.18. The molecule has 0 saturated heterocycles. The maximum Gasteiger partial charge on any atom is 0.205 e. The monoisotopic (exact) mass is 219 g/mol. The fourth-order valence-electron chi connectivity index (χ4n) is 1.12. The highest BCUT2D eigenvalue weighted by molar-refractivity contribution is 5.85. The quantitative estimate of drug-likeness (QED) is 0.787. The number of halogens is 1. The van der Waals surface area contributed by atoms with Crippen molar-refractivity contribution in [2.45, 2.75) is 0 Å². The number of ether oxygens (including phenoxy) is 3. The first-order valence-electron chi connectivity index (χ1n) is 3.79. The second-order valence-electron chi connectivity index (χ2n) is 2.42. The Bertz CT molecular complexity index is 304. The molecule has 0 aliphatic heterocycles. The van der Waals surface area contributed by atoms with Gasteiger partial charge in [-0.1, -0.05) is 0 Å². The van der Waals surface area contributed by atoms with E-state index >= 15 is 0 Å². The van der Waals surface area contributed by atoms with Gasteiger partial charge < -0.3 is 19.9 Å². The number of benzene rings is 1. The molecule has 4 nitrogen and oxygen atoms in total. The van der Waals surface area contributed by atoms with Crippen LogP contribution in [0.15, 0.2) is 12.1 Å². The van der Waals surface area contributed by atoms with Crippen LogP contribution in [0.3, 0.4) is 0 Å². The summed E-state index contributed by atoms with van der Waals surface area (Å²) in [5.74, 6) is 1.63. The highest BCUT2D eigenvalue weighted by Gasteiger charge is 2.13. The summed E-state index contributed by atoms with van der Waals surface area (Å²) < 4.78 is 15.3. The molecule has 1 rings (SSSR count). The Hall–Kier alpha value is -1.29. The van der Waals surface area contributed by atoms with Crippen LogP contribution >= 0.6 is 12.4 Å². The summed E-state index contributed by atoms with van der Waals surface area (Å²) in [4.78, 5) is 0. The van der Waals surface area contributed by atoms with Gasteiger partial charge in [-0.25, -0.2) is 0 Å². The zero-order valence-electron chi connectivity index (χ0n) is 8.37. The molecule has 0 bridgehead atoms. The number of rotatable bonds is 3. The van der Waals surface area contributed by atoms with Crippen LogP contribution < -0.4 is 19.9 Å². The Morgan fingerprint density at radius 1 is 0.929 bits per heavy atom. The van der Waals surface area contributed by atoms with E-state index in [1.165, 1.54) is 7.11 Å². The third-order valence-electron chi connectivity index (χ3n) is 1.73. The third kappa shape index (κ3) is 2.14. The van der Waals surface area contributed by atoms with Crippen molar-refractivity contribution in [3.8, 4) is 17.2 Å². The van der Waals surface area contributed by atoms with Crippen molar-refractivity contribution in [3.05, 3.63) is 12.1 Å². The minimum absolute atomic E-state index is 0. The van der Waals surface area contributed by atoms with Gasteiger partial charge in [0, 0.05) is 0 Å². The molecule has 0 saturated carbocycles. The second kappa shape index (κ2) is 5.44. The molecule has 1 aromatic rings. The molecule has 0 amide bonds. The lowest BCUT2D eigenvalue weighted by molar-refractivity contribution is 0.325. The largest absolute Gasteiger partial charge is 0.493 e. The van der Waals surface area contributed by atoms with Crippen molar-refractivity contribution >= 4 is 18.1 Å². The van der Waals surface area contributed by atoms with Crippen LogP contribution in [0.5, 0.6) is 17.2 Å². The van der Waals surface area contributed by atoms with Crippen LogP contribution in [0.2, 0.25) is 0 Å². The van der Waals surface area contributed by atoms with Crippen molar-refractivity contribution in [1.29, 1.82) is 0 Å². The van der Waals surface area contributed by atoms with E-state index in [0.717, 1.165) is 0 Å². The Labute approximate surface area is 89.4 Å². The maximum absolute atomic E-state index is 5.67. The summed E-state index contributed by atoms with van der Waals surface area (Å²) in [6.07, 6.45) is 0. The van der Waals surface area contributed by atoms with Crippen LogP contribution in [-0.2, 0) is 0 Å². The molecule has 0 unspecified atom stereocenters. The first kappa shape index (κ1) is 12.7. The fourth-order valence-corrected chi connectivity index (χ4v) is 1.12. The van der Waals surface area contributed by atoms with E-state index in [-0.39, 0.29) is 12.4 Å². The van der Waals surface area contributed by atoms with Crippen molar-refractivity contribution in [2.75, 3.05) is 27.1 Å². The molecule has 0 aliphatic rings. The lowest BCUT2D eigenvalue weighted by atomic mass is 10.2. The van der Waals surface area contributed by atoms with Crippen molar-refractivity contribution in [2.24, 2.45) is 0 Å². The fraction of sp³-hybridized carbons (Fsp3) is 0.333. The molecule has 0 atom stereocenters. The Balaban J connectivity index is 0.00000169. The number of nitrogen functional groups attached to an aromatic ring is 1. The Morgan fingerprint density at radius 3 is 1.93 bits per heavy atom. The second-order valence-corrected chi connectivity index (χ2v) is 2.42. The molecule has 0 heterocycles. The normalized spacial score (nSPS) is 8.79. The van der Waals surface area contributed by atoms with Gasteiger partial charge in [0.2, 0.25) is 5.75 Å². The molecular formula is C9H14ClNO3. The average Bonchev–Trinajstić information content (AvgIpc) is 2.17. The Morgan fingerprint density at radius 2 is 1.50 bits per heavy atom. The minimum atomic E-state index is 0. The first-order chi connectivity index (χ1) is 6.24. The molecule has 0 radical (unpaired) electrons. The van der Waals surface area contributed by atoms with E-state index in [4.69, 9.17) is 19.9 Å². The number of methoxy groups -OCH3 is 3. The van der Waals surface area contributed by atoms with Crippen LogP contribution in [0.25, 0.3) is 0 Å². The van der Waals surface area contributed by atoms with Crippen LogP contribution in [0.4, 0.5) is 5.69 Å². The van der Waals surface area contributed by atoms with Crippen molar-refractivity contribution < 1.29 is 14.2 Å². The van der Waals surface area contributed by atoms with Gasteiger partial charge >= 0.3 is 0 Å². The standard InChI is InChI=1S/C9H13NO3.ClH/c1-11-7-5-4-6(10)8(12-2)9(7)13-3;/h4-5H,10H2,1-3H3;1H. The minimum Gasteiger partial charge on any atom is -0.493 e. The summed E-state index contributed by atoms with van der Waals surface area (Å²) in [5.41, 5.74) is 6.20. The molecule has 80 valence electrons. The Kier molecular flexibility index (Phi) is 4.94. The maximum atomic E-state index is 5.67. The summed E-state index contributed by atoms with van der Waals surface area (Å²) >= 11 is 0. The summed E-state index contributed by atoms with van der Waals surface area (Å²) in [6, 6.07) is 3.44. The zero-order chi connectivity index (χ0) is 9.84. The van der Waals surface area contributed by atoms with Gasteiger partial charge in [-0.05, 0) is 12.1 Å². The van der Waals surface area contributed by atoms with E-state index < -0.39 is 0 Å². The smallest absolute Gasteiger partial charge is 0.205 e. The third-order valence-corrected chi connectivity index (χ3v) is 1.73. The van der Waals surface area contributed by atoms with E-state index in [9.17, 15) is 0 Å². The molecule has 0 aromatic heterocycles. The van der Waals surface area contributed by atoms with Crippen molar-refractivity contribution in [3.63, 3.8) is 0 Å². The predicted octanol–water partition coefficient (Wildman–Crippen LogP) is 1.72.